The van der Waals surface area contributed by atoms with Gasteiger partial charge in [0.05, 0.1) is 23.4 Å². The van der Waals surface area contributed by atoms with E-state index in [0.717, 1.165) is 22.6 Å². The number of anilines is 3. The van der Waals surface area contributed by atoms with Gasteiger partial charge in [-0.25, -0.2) is 4.90 Å². The van der Waals surface area contributed by atoms with Gasteiger partial charge in [-0.3, -0.25) is 14.4 Å². The zero-order valence-electron chi connectivity index (χ0n) is 19.7. The van der Waals surface area contributed by atoms with Gasteiger partial charge in [0.15, 0.2) is 0 Å². The number of carbonyl (C=O) groups excluding carboxylic acids is 3. The summed E-state index contributed by atoms with van der Waals surface area (Å²) in [6.45, 7) is 1.78. The van der Waals surface area contributed by atoms with Crippen LogP contribution in [0.1, 0.15) is 21.5 Å². The Morgan fingerprint density at radius 1 is 0.947 bits per heavy atom. The molecule has 7 nitrogen and oxygen atoms in total. The van der Waals surface area contributed by atoms with Gasteiger partial charge in [0, 0.05) is 16.9 Å². The maximum absolute atomic E-state index is 13.2. The van der Waals surface area contributed by atoms with Gasteiger partial charge in [-0.2, -0.15) is 13.2 Å². The van der Waals surface area contributed by atoms with Crippen LogP contribution >= 0.6 is 23.2 Å². The van der Waals surface area contributed by atoms with Crippen LogP contribution in [0.4, 0.5) is 30.2 Å². The standard InChI is InChI=1S/C26H18Cl2F3N3O4/c1-13-6-9-20(38-2)19(10-13)34-24(36)21(28)22(25(34)37)32-15-5-3-4-14(11-15)23(35)33-16-7-8-18(27)17(12-16)26(29,30)31/h3-12,32H,1-2H3,(H,33,35). The normalized spacial score (nSPS) is 13.7. The van der Waals surface area contributed by atoms with Crippen molar-refractivity contribution in [1.29, 1.82) is 0 Å². The van der Waals surface area contributed by atoms with Crippen molar-refractivity contribution < 1.29 is 32.3 Å². The lowest BCUT2D eigenvalue weighted by Crippen LogP contribution is -2.32. The average molecular weight is 564 g/mol. The molecule has 3 aromatic carbocycles. The van der Waals surface area contributed by atoms with Crippen LogP contribution in [0.2, 0.25) is 5.02 Å². The maximum atomic E-state index is 13.2. The van der Waals surface area contributed by atoms with Crippen LogP contribution in [0.3, 0.4) is 0 Å². The molecule has 38 heavy (non-hydrogen) atoms. The number of ether oxygens (including phenoxy) is 1. The molecule has 3 amide bonds. The Labute approximate surface area is 224 Å². The van der Waals surface area contributed by atoms with E-state index in [1.54, 1.807) is 25.1 Å². The first kappa shape index (κ1) is 27.0. The first-order chi connectivity index (χ1) is 17.9. The quantitative estimate of drug-likeness (QED) is 0.340. The van der Waals surface area contributed by atoms with Crippen LogP contribution in [-0.4, -0.2) is 24.8 Å². The summed E-state index contributed by atoms with van der Waals surface area (Å²) in [6, 6.07) is 13.7. The summed E-state index contributed by atoms with van der Waals surface area (Å²) >= 11 is 11.8. The number of nitrogens with one attached hydrogen (secondary N) is 2. The molecule has 0 spiro atoms. The van der Waals surface area contributed by atoms with Crippen molar-refractivity contribution in [3.05, 3.63) is 93.1 Å². The molecule has 196 valence electrons. The first-order valence-corrected chi connectivity index (χ1v) is 11.6. The monoisotopic (exact) mass is 563 g/mol. The predicted molar refractivity (Wildman–Crippen MR) is 138 cm³/mol. The fraction of sp³-hybridized carbons (Fsp3) is 0.115. The number of benzene rings is 3. The van der Waals surface area contributed by atoms with Gasteiger partial charge < -0.3 is 15.4 Å². The number of alkyl halides is 3. The van der Waals surface area contributed by atoms with Crippen LogP contribution < -0.4 is 20.3 Å². The third-order valence-electron chi connectivity index (χ3n) is 5.53. The number of hydrogen-bond acceptors (Lipinski definition) is 5. The number of nitrogens with zero attached hydrogens (tertiary/aromatic N) is 1. The van der Waals surface area contributed by atoms with E-state index >= 15 is 0 Å². The molecule has 1 aliphatic heterocycles. The van der Waals surface area contributed by atoms with Crippen LogP contribution in [0.5, 0.6) is 5.75 Å². The molecule has 1 aliphatic rings. The van der Waals surface area contributed by atoms with E-state index in [1.807, 2.05) is 0 Å². The third-order valence-corrected chi connectivity index (χ3v) is 6.21. The largest absolute Gasteiger partial charge is 0.495 e. The molecule has 0 atom stereocenters. The molecule has 3 aromatic rings. The minimum atomic E-state index is -4.70. The number of carbonyl (C=O) groups is 3. The maximum Gasteiger partial charge on any atom is 0.417 e. The predicted octanol–water partition coefficient (Wildman–Crippen LogP) is 6.36. The molecule has 0 unspecified atom stereocenters. The molecular weight excluding hydrogens is 546 g/mol. The van der Waals surface area contributed by atoms with E-state index in [9.17, 15) is 27.6 Å². The number of imide groups is 1. The third kappa shape index (κ3) is 5.32. The van der Waals surface area contributed by atoms with E-state index < -0.39 is 34.5 Å². The average Bonchev–Trinajstić information content (AvgIpc) is 3.07. The molecule has 12 heteroatoms. The fourth-order valence-corrected chi connectivity index (χ4v) is 4.15. The molecule has 0 saturated carbocycles. The Morgan fingerprint density at radius 2 is 1.68 bits per heavy atom. The zero-order valence-corrected chi connectivity index (χ0v) is 21.3. The van der Waals surface area contributed by atoms with Gasteiger partial charge in [-0.1, -0.05) is 35.3 Å². The lowest BCUT2D eigenvalue weighted by molar-refractivity contribution is -0.137. The summed E-state index contributed by atoms with van der Waals surface area (Å²) in [5.41, 5.74) is -0.137. The van der Waals surface area contributed by atoms with E-state index in [4.69, 9.17) is 27.9 Å². The minimum absolute atomic E-state index is 0.0595. The topological polar surface area (TPSA) is 87.7 Å². The number of methoxy groups -OCH3 is 1. The number of rotatable bonds is 6. The lowest BCUT2D eigenvalue weighted by atomic mass is 10.1. The number of aryl methyl sites for hydroxylation is 1. The summed E-state index contributed by atoms with van der Waals surface area (Å²) in [6.07, 6.45) is -4.70. The summed E-state index contributed by atoms with van der Waals surface area (Å²) in [7, 11) is 1.40. The summed E-state index contributed by atoms with van der Waals surface area (Å²) in [5, 5.41) is 4.28. The van der Waals surface area contributed by atoms with Gasteiger partial charge in [0.2, 0.25) is 0 Å². The fourth-order valence-electron chi connectivity index (χ4n) is 3.71. The highest BCUT2D eigenvalue weighted by molar-refractivity contribution is 6.53. The van der Waals surface area contributed by atoms with Crippen molar-refractivity contribution in [2.75, 3.05) is 22.6 Å². The second-order valence-electron chi connectivity index (χ2n) is 8.16. The van der Waals surface area contributed by atoms with Gasteiger partial charge in [-0.15, -0.1) is 0 Å². The second kappa shape index (κ2) is 10.4. The van der Waals surface area contributed by atoms with Crippen LogP contribution in [-0.2, 0) is 15.8 Å². The van der Waals surface area contributed by atoms with Crippen molar-refractivity contribution in [3.63, 3.8) is 0 Å². The zero-order chi connectivity index (χ0) is 27.8. The van der Waals surface area contributed by atoms with Crippen LogP contribution in [0.25, 0.3) is 0 Å². The van der Waals surface area contributed by atoms with Crippen molar-refractivity contribution in [2.24, 2.45) is 0 Å². The number of amides is 3. The molecule has 0 fully saturated rings. The van der Waals surface area contributed by atoms with E-state index in [0.29, 0.717) is 0 Å². The molecule has 0 radical (unpaired) electrons. The summed E-state index contributed by atoms with van der Waals surface area (Å²) in [4.78, 5) is 39.7. The SMILES string of the molecule is COc1ccc(C)cc1N1C(=O)C(Cl)=C(Nc2cccc(C(=O)Nc3ccc(Cl)c(C(F)(F)F)c3)c2)C1=O. The lowest BCUT2D eigenvalue weighted by Gasteiger charge is -2.18. The van der Waals surface area contributed by atoms with Crippen molar-refractivity contribution in [3.8, 4) is 5.75 Å². The van der Waals surface area contributed by atoms with E-state index in [1.165, 1.54) is 37.4 Å². The van der Waals surface area contributed by atoms with E-state index in [-0.39, 0.29) is 39.1 Å². The summed E-state index contributed by atoms with van der Waals surface area (Å²) in [5.74, 6) is -1.93. The Balaban J connectivity index is 1.56. The Bertz CT molecular complexity index is 1510. The highest BCUT2D eigenvalue weighted by Crippen LogP contribution is 2.37. The van der Waals surface area contributed by atoms with E-state index in [2.05, 4.69) is 10.6 Å². The second-order valence-corrected chi connectivity index (χ2v) is 8.95. The van der Waals surface area contributed by atoms with Crippen molar-refractivity contribution in [2.45, 2.75) is 13.1 Å². The van der Waals surface area contributed by atoms with Crippen LogP contribution in [0, 0.1) is 6.92 Å². The highest BCUT2D eigenvalue weighted by atomic mass is 35.5. The molecule has 0 aromatic heterocycles. The first-order valence-electron chi connectivity index (χ1n) is 10.9. The Hall–Kier alpha value is -4.02. The smallest absolute Gasteiger partial charge is 0.417 e. The molecule has 0 aliphatic carbocycles. The van der Waals surface area contributed by atoms with Gasteiger partial charge in [-0.05, 0) is 61.0 Å². The van der Waals surface area contributed by atoms with Crippen LogP contribution in [0.15, 0.2) is 71.4 Å². The molecule has 2 N–H and O–H groups in total. The van der Waals surface area contributed by atoms with Crippen molar-refractivity contribution in [1.82, 2.24) is 0 Å². The highest BCUT2D eigenvalue weighted by Gasteiger charge is 2.40. The molecule has 1 heterocycles. The van der Waals surface area contributed by atoms with Crippen molar-refractivity contribution >= 4 is 58.0 Å². The number of halogens is 5. The van der Waals surface area contributed by atoms with Gasteiger partial charge in [0.25, 0.3) is 17.7 Å². The minimum Gasteiger partial charge on any atom is -0.495 e. The van der Waals surface area contributed by atoms with Gasteiger partial charge in [0.1, 0.15) is 16.5 Å². The molecule has 0 saturated heterocycles. The van der Waals surface area contributed by atoms with Gasteiger partial charge >= 0.3 is 6.18 Å². The Kier molecular flexibility index (Phi) is 7.39. The molecular formula is C26H18Cl2F3N3O4. The number of hydrogen-bond donors (Lipinski definition) is 2. The Morgan fingerprint density at radius 3 is 2.37 bits per heavy atom. The summed E-state index contributed by atoms with van der Waals surface area (Å²) < 4.78 is 44.7. The molecule has 4 rings (SSSR count). The molecule has 0 bridgehead atoms.